The van der Waals surface area contributed by atoms with Crippen molar-refractivity contribution in [3.63, 3.8) is 0 Å². The number of carbonyl (C=O) groups excluding carboxylic acids is 3. The van der Waals surface area contributed by atoms with Crippen molar-refractivity contribution >= 4 is 17.8 Å². The number of rotatable bonds is 3. The first kappa shape index (κ1) is 13.3. The monoisotopic (exact) mass is 261 g/mol. The molecule has 1 aromatic rings. The van der Waals surface area contributed by atoms with E-state index in [-0.39, 0.29) is 5.92 Å². The van der Waals surface area contributed by atoms with Crippen LogP contribution < -0.4 is 0 Å². The molecule has 0 fully saturated rings. The third-order valence-electron chi connectivity index (χ3n) is 3.18. The van der Waals surface area contributed by atoms with E-state index in [2.05, 4.69) is 0 Å². The molecule has 2 rings (SSSR count). The average Bonchev–Trinajstić information content (AvgIpc) is 2.64. The molecule has 1 aliphatic heterocycles. The largest absolute Gasteiger partial charge is 0.467 e. The Bertz CT molecular complexity index is 515. The van der Waals surface area contributed by atoms with Crippen molar-refractivity contribution in [1.29, 1.82) is 0 Å². The summed E-state index contributed by atoms with van der Waals surface area (Å²) in [4.78, 5) is 37.4. The maximum atomic E-state index is 12.3. The quantitative estimate of drug-likeness (QED) is 0.610. The molecule has 19 heavy (non-hydrogen) atoms. The summed E-state index contributed by atoms with van der Waals surface area (Å²) in [7, 11) is 1.25. The summed E-state index contributed by atoms with van der Waals surface area (Å²) in [5, 5.41) is 0. The first-order valence-corrected chi connectivity index (χ1v) is 6.03. The van der Waals surface area contributed by atoms with Crippen molar-refractivity contribution in [3.8, 4) is 0 Å². The zero-order valence-corrected chi connectivity index (χ0v) is 11.0. The van der Waals surface area contributed by atoms with Crippen LogP contribution >= 0.6 is 0 Å². The summed E-state index contributed by atoms with van der Waals surface area (Å²) < 4.78 is 4.70. The van der Waals surface area contributed by atoms with Crippen LogP contribution in [0, 0.1) is 5.92 Å². The van der Waals surface area contributed by atoms with Crippen LogP contribution in [0.1, 0.15) is 34.6 Å². The lowest BCUT2D eigenvalue weighted by Gasteiger charge is -2.26. The van der Waals surface area contributed by atoms with Gasteiger partial charge in [0.25, 0.3) is 11.8 Å². The van der Waals surface area contributed by atoms with Crippen LogP contribution in [0.2, 0.25) is 0 Å². The number of carbonyl (C=O) groups is 3. The highest BCUT2D eigenvalue weighted by Crippen LogP contribution is 2.27. The first-order chi connectivity index (χ1) is 8.99. The lowest BCUT2D eigenvalue weighted by molar-refractivity contribution is -0.146. The molecular weight excluding hydrogens is 246 g/mol. The summed E-state index contributed by atoms with van der Waals surface area (Å²) in [5.74, 6) is -1.67. The van der Waals surface area contributed by atoms with E-state index < -0.39 is 23.8 Å². The molecule has 0 aromatic heterocycles. The van der Waals surface area contributed by atoms with E-state index in [0.717, 1.165) is 4.90 Å². The van der Waals surface area contributed by atoms with Gasteiger partial charge >= 0.3 is 5.97 Å². The molecule has 2 amide bonds. The lowest BCUT2D eigenvalue weighted by Crippen LogP contribution is -2.48. The smallest absolute Gasteiger partial charge is 0.329 e. The van der Waals surface area contributed by atoms with E-state index in [4.69, 9.17) is 4.74 Å². The predicted octanol–water partition coefficient (Wildman–Crippen LogP) is 1.48. The molecule has 0 saturated carbocycles. The minimum Gasteiger partial charge on any atom is -0.467 e. The van der Waals surface area contributed by atoms with Gasteiger partial charge in [-0.3, -0.25) is 14.5 Å². The van der Waals surface area contributed by atoms with Crippen molar-refractivity contribution in [1.82, 2.24) is 4.90 Å². The second-order valence-electron chi connectivity index (χ2n) is 4.74. The molecule has 0 N–H and O–H groups in total. The molecule has 1 atom stereocenters. The molecule has 0 aliphatic carbocycles. The van der Waals surface area contributed by atoms with Crippen molar-refractivity contribution < 1.29 is 19.1 Å². The van der Waals surface area contributed by atoms with Crippen LogP contribution in [-0.4, -0.2) is 35.8 Å². The Hall–Kier alpha value is -2.17. The predicted molar refractivity (Wildman–Crippen MR) is 67.6 cm³/mol. The lowest BCUT2D eigenvalue weighted by atomic mass is 10.0. The van der Waals surface area contributed by atoms with Gasteiger partial charge in [0.15, 0.2) is 0 Å². The minimum atomic E-state index is -0.891. The normalized spacial score (nSPS) is 15.7. The van der Waals surface area contributed by atoms with Crippen LogP contribution in [0.15, 0.2) is 24.3 Å². The fraction of sp³-hybridized carbons (Fsp3) is 0.357. The van der Waals surface area contributed by atoms with Gasteiger partial charge in [0.1, 0.15) is 6.04 Å². The van der Waals surface area contributed by atoms with Crippen molar-refractivity contribution in [2.24, 2.45) is 5.92 Å². The highest BCUT2D eigenvalue weighted by atomic mass is 16.5. The third kappa shape index (κ3) is 2.01. The summed E-state index contributed by atoms with van der Waals surface area (Å²) in [6, 6.07) is 5.66. The van der Waals surface area contributed by atoms with E-state index >= 15 is 0 Å². The first-order valence-electron chi connectivity index (χ1n) is 6.03. The summed E-state index contributed by atoms with van der Waals surface area (Å²) >= 11 is 0. The SMILES string of the molecule is COC(=O)[C@@H](C(C)C)N1C(=O)c2ccccc2C1=O. The van der Waals surface area contributed by atoms with Gasteiger partial charge in [-0.1, -0.05) is 26.0 Å². The molecule has 0 spiro atoms. The van der Waals surface area contributed by atoms with Gasteiger partial charge < -0.3 is 4.74 Å². The number of imide groups is 1. The molecule has 0 saturated heterocycles. The molecule has 5 nitrogen and oxygen atoms in total. The molecule has 0 unspecified atom stereocenters. The van der Waals surface area contributed by atoms with Gasteiger partial charge in [-0.05, 0) is 18.1 Å². The van der Waals surface area contributed by atoms with E-state index in [1.807, 2.05) is 0 Å². The Morgan fingerprint density at radius 2 is 1.58 bits per heavy atom. The minimum absolute atomic E-state index is 0.213. The Morgan fingerprint density at radius 1 is 1.11 bits per heavy atom. The van der Waals surface area contributed by atoms with E-state index in [0.29, 0.717) is 11.1 Å². The molecule has 5 heteroatoms. The number of hydrogen-bond donors (Lipinski definition) is 0. The maximum absolute atomic E-state index is 12.3. The van der Waals surface area contributed by atoms with E-state index in [1.54, 1.807) is 38.1 Å². The zero-order chi connectivity index (χ0) is 14.2. The van der Waals surface area contributed by atoms with Crippen LogP contribution in [0.4, 0.5) is 0 Å². The number of amides is 2. The Kier molecular flexibility index (Phi) is 3.38. The Morgan fingerprint density at radius 3 is 1.95 bits per heavy atom. The van der Waals surface area contributed by atoms with Gasteiger partial charge in [0, 0.05) is 0 Å². The van der Waals surface area contributed by atoms with Gasteiger partial charge in [-0.15, -0.1) is 0 Å². The molecule has 100 valence electrons. The molecule has 1 aromatic carbocycles. The second-order valence-corrected chi connectivity index (χ2v) is 4.74. The van der Waals surface area contributed by atoms with Gasteiger partial charge in [-0.2, -0.15) is 0 Å². The summed E-state index contributed by atoms with van der Waals surface area (Å²) in [6.45, 7) is 3.54. The van der Waals surface area contributed by atoms with Crippen LogP contribution in [0.5, 0.6) is 0 Å². The van der Waals surface area contributed by atoms with Gasteiger partial charge in [0.2, 0.25) is 0 Å². The van der Waals surface area contributed by atoms with Gasteiger partial charge in [-0.25, -0.2) is 4.79 Å². The highest BCUT2D eigenvalue weighted by molar-refractivity contribution is 6.22. The van der Waals surface area contributed by atoms with E-state index in [9.17, 15) is 14.4 Å². The number of nitrogens with zero attached hydrogens (tertiary/aromatic N) is 1. The van der Waals surface area contributed by atoms with Crippen LogP contribution in [-0.2, 0) is 9.53 Å². The third-order valence-corrected chi connectivity index (χ3v) is 3.18. The molecule has 1 heterocycles. The van der Waals surface area contributed by atoms with Crippen molar-refractivity contribution in [2.75, 3.05) is 7.11 Å². The Balaban J connectivity index is 2.45. The van der Waals surface area contributed by atoms with Crippen LogP contribution in [0.25, 0.3) is 0 Å². The second kappa shape index (κ2) is 4.84. The fourth-order valence-electron chi connectivity index (χ4n) is 2.26. The van der Waals surface area contributed by atoms with Crippen molar-refractivity contribution in [2.45, 2.75) is 19.9 Å². The Labute approximate surface area is 111 Å². The van der Waals surface area contributed by atoms with Gasteiger partial charge in [0.05, 0.1) is 18.2 Å². The molecule has 1 aliphatic rings. The molecular formula is C14H15NO4. The number of hydrogen-bond acceptors (Lipinski definition) is 4. The topological polar surface area (TPSA) is 63.7 Å². The molecule has 0 radical (unpaired) electrons. The van der Waals surface area contributed by atoms with Crippen molar-refractivity contribution in [3.05, 3.63) is 35.4 Å². The summed E-state index contributed by atoms with van der Waals surface area (Å²) in [6.07, 6.45) is 0. The zero-order valence-electron chi connectivity index (χ0n) is 11.0. The average molecular weight is 261 g/mol. The van der Waals surface area contributed by atoms with E-state index in [1.165, 1.54) is 7.11 Å². The van der Waals surface area contributed by atoms with Crippen LogP contribution in [0.3, 0.4) is 0 Å². The number of methoxy groups -OCH3 is 1. The number of ether oxygens (including phenoxy) is 1. The number of esters is 1. The fourth-order valence-corrected chi connectivity index (χ4v) is 2.26. The summed E-state index contributed by atoms with van der Waals surface area (Å²) in [5.41, 5.74) is 0.670. The molecule has 0 bridgehead atoms. The number of fused-ring (bicyclic) bond motifs is 1. The maximum Gasteiger partial charge on any atom is 0.329 e. The standard InChI is InChI=1S/C14H15NO4/c1-8(2)11(14(18)19-3)15-12(16)9-6-4-5-7-10(9)13(15)17/h4-8,11H,1-3H3/t11-/m1/s1. The highest BCUT2D eigenvalue weighted by Gasteiger charge is 2.44. The number of benzene rings is 1.